The molecule has 0 spiro atoms. The van der Waals surface area contributed by atoms with Gasteiger partial charge in [0.25, 0.3) is 0 Å². The Morgan fingerprint density at radius 3 is 2.72 bits per heavy atom. The Bertz CT molecular complexity index is 373. The number of hydrogen-bond acceptors (Lipinski definition) is 2. The molecular weight excluding hydrogens is 253 g/mol. The fraction of sp³-hybridized carbons (Fsp3) is 0.571. The van der Waals surface area contributed by atoms with Gasteiger partial charge in [0.1, 0.15) is 5.82 Å². The second kappa shape index (κ2) is 7.72. The van der Waals surface area contributed by atoms with Crippen molar-refractivity contribution in [2.24, 2.45) is 0 Å². The molecule has 0 aliphatic rings. The highest BCUT2D eigenvalue weighted by Gasteiger charge is 2.18. The Morgan fingerprint density at radius 2 is 2.17 bits per heavy atom. The Balaban J connectivity index is 2.75. The van der Waals surface area contributed by atoms with Crippen molar-refractivity contribution in [3.8, 4) is 0 Å². The van der Waals surface area contributed by atoms with E-state index >= 15 is 0 Å². The maximum Gasteiger partial charge on any atom is 0.124 e. The summed E-state index contributed by atoms with van der Waals surface area (Å²) < 4.78 is 18.4. The molecule has 1 aromatic rings. The first-order valence-corrected chi connectivity index (χ1v) is 6.66. The third-order valence-corrected chi connectivity index (χ3v) is 3.40. The van der Waals surface area contributed by atoms with Crippen molar-refractivity contribution < 1.29 is 9.13 Å². The molecule has 1 aromatic carbocycles. The predicted molar refractivity (Wildman–Crippen MR) is 73.7 cm³/mol. The second-order valence-corrected chi connectivity index (χ2v) is 4.85. The van der Waals surface area contributed by atoms with Gasteiger partial charge < -0.3 is 10.1 Å². The number of nitrogens with one attached hydrogen (secondary N) is 1. The van der Waals surface area contributed by atoms with Crippen LogP contribution in [-0.4, -0.2) is 25.8 Å². The van der Waals surface area contributed by atoms with Crippen LogP contribution in [0.2, 0.25) is 5.02 Å². The van der Waals surface area contributed by atoms with Crippen LogP contribution in [0.1, 0.15) is 25.8 Å². The number of benzene rings is 1. The van der Waals surface area contributed by atoms with Crippen LogP contribution in [-0.2, 0) is 11.2 Å². The summed E-state index contributed by atoms with van der Waals surface area (Å²) in [7, 11) is 1.69. The predicted octanol–water partition coefficient (Wildman–Crippen LogP) is 3.42. The Labute approximate surface area is 113 Å². The normalized spacial score (nSPS) is 14.5. The van der Waals surface area contributed by atoms with E-state index in [4.69, 9.17) is 16.3 Å². The van der Waals surface area contributed by atoms with Crippen molar-refractivity contribution in [3.63, 3.8) is 0 Å². The van der Waals surface area contributed by atoms with Crippen molar-refractivity contribution in [1.82, 2.24) is 5.32 Å². The first-order valence-electron chi connectivity index (χ1n) is 6.28. The van der Waals surface area contributed by atoms with Crippen molar-refractivity contribution >= 4 is 11.6 Å². The Kier molecular flexibility index (Phi) is 6.61. The monoisotopic (exact) mass is 273 g/mol. The number of ether oxygens (including phenoxy) is 1. The van der Waals surface area contributed by atoms with Gasteiger partial charge in [0.2, 0.25) is 0 Å². The highest BCUT2D eigenvalue weighted by atomic mass is 35.5. The SMILES string of the molecule is CCCNC(Cc1ccc(F)cc1Cl)C(C)OC. The van der Waals surface area contributed by atoms with Gasteiger partial charge in [-0.25, -0.2) is 4.39 Å². The summed E-state index contributed by atoms with van der Waals surface area (Å²) in [6.45, 7) is 5.06. The molecule has 102 valence electrons. The first-order chi connectivity index (χ1) is 8.58. The minimum atomic E-state index is -0.304. The zero-order valence-corrected chi connectivity index (χ0v) is 11.9. The van der Waals surface area contributed by atoms with E-state index in [1.54, 1.807) is 13.2 Å². The lowest BCUT2D eigenvalue weighted by Gasteiger charge is -2.24. The number of hydrogen-bond donors (Lipinski definition) is 1. The van der Waals surface area contributed by atoms with Gasteiger partial charge in [-0.2, -0.15) is 0 Å². The van der Waals surface area contributed by atoms with E-state index in [1.165, 1.54) is 12.1 Å². The summed E-state index contributed by atoms with van der Waals surface area (Å²) in [5.74, 6) is -0.304. The van der Waals surface area contributed by atoms with Gasteiger partial charge in [0.15, 0.2) is 0 Å². The van der Waals surface area contributed by atoms with Crippen LogP contribution >= 0.6 is 11.6 Å². The van der Waals surface area contributed by atoms with Gasteiger partial charge in [0, 0.05) is 18.2 Å². The van der Waals surface area contributed by atoms with Crippen molar-refractivity contribution in [1.29, 1.82) is 0 Å². The van der Waals surface area contributed by atoms with Crippen LogP contribution < -0.4 is 5.32 Å². The lowest BCUT2D eigenvalue weighted by molar-refractivity contribution is 0.0831. The molecule has 1 rings (SSSR count). The van der Waals surface area contributed by atoms with Crippen molar-refractivity contribution in [3.05, 3.63) is 34.6 Å². The summed E-state index contributed by atoms with van der Waals surface area (Å²) in [6, 6.07) is 4.71. The zero-order valence-electron chi connectivity index (χ0n) is 11.2. The van der Waals surface area contributed by atoms with Gasteiger partial charge in [-0.15, -0.1) is 0 Å². The molecule has 0 aliphatic heterocycles. The summed E-state index contributed by atoms with van der Waals surface area (Å²) in [6.07, 6.45) is 1.87. The summed E-state index contributed by atoms with van der Waals surface area (Å²) in [4.78, 5) is 0. The van der Waals surface area contributed by atoms with Crippen LogP contribution in [0.25, 0.3) is 0 Å². The minimum absolute atomic E-state index is 0.0812. The molecule has 0 heterocycles. The molecule has 0 bridgehead atoms. The van der Waals surface area contributed by atoms with Crippen LogP contribution in [0, 0.1) is 5.82 Å². The molecule has 0 saturated heterocycles. The van der Waals surface area contributed by atoms with E-state index in [2.05, 4.69) is 12.2 Å². The second-order valence-electron chi connectivity index (χ2n) is 4.44. The fourth-order valence-electron chi connectivity index (χ4n) is 1.82. The van der Waals surface area contributed by atoms with Crippen LogP contribution in [0.5, 0.6) is 0 Å². The molecule has 0 saturated carbocycles. The van der Waals surface area contributed by atoms with E-state index in [-0.39, 0.29) is 18.0 Å². The van der Waals surface area contributed by atoms with Gasteiger partial charge >= 0.3 is 0 Å². The third-order valence-electron chi connectivity index (χ3n) is 3.05. The third kappa shape index (κ3) is 4.56. The average molecular weight is 274 g/mol. The number of methoxy groups -OCH3 is 1. The topological polar surface area (TPSA) is 21.3 Å². The molecule has 0 aromatic heterocycles. The Morgan fingerprint density at radius 1 is 1.44 bits per heavy atom. The lowest BCUT2D eigenvalue weighted by Crippen LogP contribution is -2.41. The lowest BCUT2D eigenvalue weighted by atomic mass is 10.0. The number of halogens is 2. The first kappa shape index (κ1) is 15.4. The molecule has 2 atom stereocenters. The van der Waals surface area contributed by atoms with Gasteiger partial charge in [-0.3, -0.25) is 0 Å². The van der Waals surface area contributed by atoms with Gasteiger partial charge in [0.05, 0.1) is 6.10 Å². The molecule has 1 N–H and O–H groups in total. The zero-order chi connectivity index (χ0) is 13.5. The Hall–Kier alpha value is -0.640. The molecule has 0 radical (unpaired) electrons. The molecule has 18 heavy (non-hydrogen) atoms. The molecule has 4 heteroatoms. The van der Waals surface area contributed by atoms with E-state index in [1.807, 2.05) is 6.92 Å². The van der Waals surface area contributed by atoms with E-state index in [0.29, 0.717) is 5.02 Å². The summed E-state index contributed by atoms with van der Waals surface area (Å²) in [5.41, 5.74) is 0.940. The number of rotatable bonds is 7. The van der Waals surface area contributed by atoms with E-state index < -0.39 is 0 Å². The standard InChI is InChI=1S/C14H21ClFNO/c1-4-7-17-14(10(2)18-3)8-11-5-6-12(16)9-13(11)15/h5-6,9-10,14,17H,4,7-8H2,1-3H3. The van der Waals surface area contributed by atoms with Crippen LogP contribution in [0.15, 0.2) is 18.2 Å². The van der Waals surface area contributed by atoms with Gasteiger partial charge in [-0.1, -0.05) is 24.6 Å². The highest BCUT2D eigenvalue weighted by Crippen LogP contribution is 2.20. The smallest absolute Gasteiger partial charge is 0.124 e. The van der Waals surface area contributed by atoms with Crippen molar-refractivity contribution in [2.75, 3.05) is 13.7 Å². The molecular formula is C14H21ClFNO. The largest absolute Gasteiger partial charge is 0.380 e. The van der Waals surface area contributed by atoms with E-state index in [9.17, 15) is 4.39 Å². The molecule has 0 amide bonds. The fourth-order valence-corrected chi connectivity index (χ4v) is 2.07. The average Bonchev–Trinajstić information content (AvgIpc) is 2.36. The maximum absolute atomic E-state index is 13.0. The quantitative estimate of drug-likeness (QED) is 0.822. The van der Waals surface area contributed by atoms with E-state index in [0.717, 1.165) is 24.9 Å². The minimum Gasteiger partial charge on any atom is -0.380 e. The molecule has 0 aliphatic carbocycles. The van der Waals surface area contributed by atoms with Gasteiger partial charge in [-0.05, 0) is 44.0 Å². The van der Waals surface area contributed by atoms with Crippen LogP contribution in [0.4, 0.5) is 4.39 Å². The molecule has 0 fully saturated rings. The molecule has 2 unspecified atom stereocenters. The summed E-state index contributed by atoms with van der Waals surface area (Å²) in [5, 5.41) is 3.91. The maximum atomic E-state index is 13.0. The van der Waals surface area contributed by atoms with Crippen LogP contribution in [0.3, 0.4) is 0 Å². The highest BCUT2D eigenvalue weighted by molar-refractivity contribution is 6.31. The van der Waals surface area contributed by atoms with Crippen molar-refractivity contribution in [2.45, 2.75) is 38.8 Å². The summed E-state index contributed by atoms with van der Waals surface area (Å²) >= 11 is 6.05. The molecule has 2 nitrogen and oxygen atoms in total.